The maximum atomic E-state index is 10.5. The molecule has 6 heteroatoms. The van der Waals surface area contributed by atoms with Crippen LogP contribution in [0.4, 0.5) is 0 Å². The van der Waals surface area contributed by atoms with E-state index < -0.39 is 0 Å². The Hall–Kier alpha value is -1.92. The smallest absolute Gasteiger partial charge is 0.162 e. The second-order valence-corrected chi connectivity index (χ2v) is 7.38. The van der Waals surface area contributed by atoms with Crippen LogP contribution in [-0.4, -0.2) is 35.9 Å². The lowest BCUT2D eigenvalue weighted by Crippen LogP contribution is -2.39. The number of halogens is 1. The normalized spacial score (nSPS) is 18.9. The highest BCUT2D eigenvalue weighted by molar-refractivity contribution is 9.10. The Balaban J connectivity index is 1.80. The second kappa shape index (κ2) is 6.11. The van der Waals surface area contributed by atoms with Crippen molar-refractivity contribution in [2.24, 2.45) is 0 Å². The summed E-state index contributed by atoms with van der Waals surface area (Å²) < 4.78 is 11.5. The molecule has 0 spiro atoms. The summed E-state index contributed by atoms with van der Waals surface area (Å²) in [5, 5.41) is 20.7. The first kappa shape index (κ1) is 16.5. The number of fused-ring (bicyclic) bond motifs is 4. The van der Waals surface area contributed by atoms with Gasteiger partial charge in [-0.2, -0.15) is 0 Å². The van der Waals surface area contributed by atoms with Crippen molar-refractivity contribution < 1.29 is 19.7 Å². The molecule has 1 atom stereocenters. The molecule has 2 heterocycles. The van der Waals surface area contributed by atoms with Gasteiger partial charge in [-0.25, -0.2) is 0 Å². The quantitative estimate of drug-likeness (QED) is 0.799. The van der Waals surface area contributed by atoms with E-state index in [0.717, 1.165) is 40.5 Å². The second-order valence-electron chi connectivity index (χ2n) is 6.53. The predicted molar refractivity (Wildman–Crippen MR) is 97.6 cm³/mol. The van der Waals surface area contributed by atoms with Crippen molar-refractivity contribution in [3.05, 3.63) is 44.9 Å². The molecule has 2 aromatic rings. The minimum absolute atomic E-state index is 0.172. The SMILES string of the molecule is COc1cc2c(cc1O)C1Cc3c(Br)cc(OC)c(O)c3CN1CC2. The zero-order valence-corrected chi connectivity index (χ0v) is 15.8. The fourth-order valence-corrected chi connectivity index (χ4v) is 4.62. The Kier molecular flexibility index (Phi) is 4.04. The lowest BCUT2D eigenvalue weighted by Gasteiger charge is -2.42. The molecule has 0 fully saturated rings. The molecule has 2 aliphatic rings. The summed E-state index contributed by atoms with van der Waals surface area (Å²) in [6.45, 7) is 1.56. The number of hydrogen-bond donors (Lipinski definition) is 2. The average molecular weight is 406 g/mol. The molecule has 132 valence electrons. The molecule has 2 N–H and O–H groups in total. The Morgan fingerprint density at radius 3 is 2.56 bits per heavy atom. The van der Waals surface area contributed by atoms with Gasteiger partial charge in [-0.05, 0) is 47.7 Å². The molecular weight excluding hydrogens is 386 g/mol. The molecule has 1 unspecified atom stereocenters. The van der Waals surface area contributed by atoms with E-state index in [1.165, 1.54) is 5.56 Å². The number of hydrogen-bond acceptors (Lipinski definition) is 5. The first-order chi connectivity index (χ1) is 12.0. The molecule has 5 nitrogen and oxygen atoms in total. The summed E-state index contributed by atoms with van der Waals surface area (Å²) >= 11 is 3.62. The van der Waals surface area contributed by atoms with Crippen molar-refractivity contribution in [2.45, 2.75) is 25.4 Å². The Morgan fingerprint density at radius 1 is 1.08 bits per heavy atom. The molecular formula is C19H20BrNO4. The van der Waals surface area contributed by atoms with Gasteiger partial charge < -0.3 is 19.7 Å². The van der Waals surface area contributed by atoms with Crippen LogP contribution in [0.15, 0.2) is 22.7 Å². The third-order valence-corrected chi connectivity index (χ3v) is 6.02. The molecule has 0 aromatic heterocycles. The van der Waals surface area contributed by atoms with Crippen LogP contribution in [0.25, 0.3) is 0 Å². The van der Waals surface area contributed by atoms with Gasteiger partial charge in [0.1, 0.15) is 0 Å². The van der Waals surface area contributed by atoms with Gasteiger partial charge in [0.05, 0.1) is 14.2 Å². The Morgan fingerprint density at radius 2 is 1.84 bits per heavy atom. The molecule has 0 radical (unpaired) electrons. The number of ether oxygens (including phenoxy) is 2. The predicted octanol–water partition coefficient (Wildman–Crippen LogP) is 3.53. The molecule has 25 heavy (non-hydrogen) atoms. The van der Waals surface area contributed by atoms with E-state index in [9.17, 15) is 10.2 Å². The molecule has 2 aromatic carbocycles. The molecule has 0 aliphatic carbocycles. The minimum Gasteiger partial charge on any atom is -0.504 e. The van der Waals surface area contributed by atoms with Gasteiger partial charge in [-0.1, -0.05) is 15.9 Å². The highest BCUT2D eigenvalue weighted by Gasteiger charge is 2.35. The van der Waals surface area contributed by atoms with Crippen molar-refractivity contribution in [3.8, 4) is 23.0 Å². The molecule has 4 rings (SSSR count). The van der Waals surface area contributed by atoms with Crippen LogP contribution in [-0.2, 0) is 19.4 Å². The van der Waals surface area contributed by atoms with Crippen LogP contribution < -0.4 is 9.47 Å². The van der Waals surface area contributed by atoms with Crippen molar-refractivity contribution in [1.82, 2.24) is 4.90 Å². The van der Waals surface area contributed by atoms with Crippen LogP contribution in [0.2, 0.25) is 0 Å². The number of benzene rings is 2. The van der Waals surface area contributed by atoms with E-state index in [0.29, 0.717) is 18.0 Å². The molecule has 2 aliphatic heterocycles. The highest BCUT2D eigenvalue weighted by atomic mass is 79.9. The highest BCUT2D eigenvalue weighted by Crippen LogP contribution is 2.47. The first-order valence-electron chi connectivity index (χ1n) is 8.24. The topological polar surface area (TPSA) is 62.2 Å². The van der Waals surface area contributed by atoms with E-state index in [2.05, 4.69) is 20.8 Å². The van der Waals surface area contributed by atoms with Gasteiger partial charge in [-0.3, -0.25) is 4.90 Å². The summed E-state index contributed by atoms with van der Waals surface area (Å²) in [6, 6.07) is 5.77. The Labute approximate surface area is 154 Å². The molecule has 0 amide bonds. The number of aromatic hydroxyl groups is 2. The largest absolute Gasteiger partial charge is 0.504 e. The maximum absolute atomic E-state index is 10.5. The van der Waals surface area contributed by atoms with Gasteiger partial charge >= 0.3 is 0 Å². The standard InChI is InChI=1S/C19H20BrNO4/c1-24-17-5-10-3-4-21-9-13-12(6-15(21)11(10)7-16(17)22)14(20)8-18(25-2)19(13)23/h5,7-8,15,22-23H,3-4,6,9H2,1-2H3. The summed E-state index contributed by atoms with van der Waals surface area (Å²) in [4.78, 5) is 2.35. The minimum atomic E-state index is 0.172. The van der Waals surface area contributed by atoms with Crippen molar-refractivity contribution in [3.63, 3.8) is 0 Å². The number of nitrogens with zero attached hydrogens (tertiary/aromatic N) is 1. The van der Waals surface area contributed by atoms with Gasteiger partial charge in [0, 0.05) is 29.2 Å². The summed E-state index contributed by atoms with van der Waals surface area (Å²) in [6.07, 6.45) is 1.66. The molecule has 0 bridgehead atoms. The number of methoxy groups -OCH3 is 2. The first-order valence-corrected chi connectivity index (χ1v) is 9.03. The van der Waals surface area contributed by atoms with Crippen LogP contribution in [0.3, 0.4) is 0 Å². The number of phenolic OH excluding ortho intramolecular Hbond substituents is 2. The van der Waals surface area contributed by atoms with Crippen molar-refractivity contribution in [1.29, 1.82) is 0 Å². The number of rotatable bonds is 2. The van der Waals surface area contributed by atoms with Crippen LogP contribution in [0.1, 0.15) is 28.3 Å². The van der Waals surface area contributed by atoms with E-state index in [4.69, 9.17) is 9.47 Å². The molecule has 0 saturated heterocycles. The third kappa shape index (κ3) is 2.55. The fraction of sp³-hybridized carbons (Fsp3) is 0.368. The zero-order chi connectivity index (χ0) is 17.7. The van der Waals surface area contributed by atoms with Crippen molar-refractivity contribution in [2.75, 3.05) is 20.8 Å². The number of phenols is 2. The van der Waals surface area contributed by atoms with Gasteiger partial charge in [0.15, 0.2) is 23.0 Å². The lowest BCUT2D eigenvalue weighted by molar-refractivity contribution is 0.157. The summed E-state index contributed by atoms with van der Waals surface area (Å²) in [5.74, 6) is 1.41. The van der Waals surface area contributed by atoms with E-state index in [1.54, 1.807) is 14.2 Å². The molecule has 0 saturated carbocycles. The van der Waals surface area contributed by atoms with Crippen LogP contribution in [0, 0.1) is 0 Å². The van der Waals surface area contributed by atoms with Crippen LogP contribution >= 0.6 is 15.9 Å². The van der Waals surface area contributed by atoms with E-state index >= 15 is 0 Å². The van der Waals surface area contributed by atoms with Gasteiger partial charge in [0.2, 0.25) is 0 Å². The average Bonchev–Trinajstić information content (AvgIpc) is 2.63. The Bertz CT molecular complexity index is 852. The fourth-order valence-electron chi connectivity index (χ4n) is 4.01. The van der Waals surface area contributed by atoms with E-state index in [-0.39, 0.29) is 17.5 Å². The van der Waals surface area contributed by atoms with Crippen molar-refractivity contribution >= 4 is 15.9 Å². The summed E-state index contributed by atoms with van der Waals surface area (Å²) in [7, 11) is 3.13. The van der Waals surface area contributed by atoms with E-state index in [1.807, 2.05) is 18.2 Å². The third-order valence-electron chi connectivity index (χ3n) is 5.32. The maximum Gasteiger partial charge on any atom is 0.162 e. The zero-order valence-electron chi connectivity index (χ0n) is 14.2. The monoisotopic (exact) mass is 405 g/mol. The van der Waals surface area contributed by atoms with Crippen LogP contribution in [0.5, 0.6) is 23.0 Å². The summed E-state index contributed by atoms with van der Waals surface area (Å²) in [5.41, 5.74) is 4.37. The lowest BCUT2D eigenvalue weighted by atomic mass is 9.83. The van der Waals surface area contributed by atoms with Gasteiger partial charge in [-0.15, -0.1) is 0 Å². The van der Waals surface area contributed by atoms with Gasteiger partial charge in [0.25, 0.3) is 0 Å².